The minimum atomic E-state index is 0.919. The molecular weight excluding hydrogens is 266 g/mol. The van der Waals surface area contributed by atoms with Crippen LogP contribution in [0.2, 0.25) is 0 Å². The molecule has 3 rings (SSSR count). The van der Waals surface area contributed by atoms with Crippen LogP contribution in [-0.2, 0) is 0 Å². The molecule has 1 heterocycles. The van der Waals surface area contributed by atoms with E-state index in [1.807, 2.05) is 31.1 Å². The second-order valence-corrected chi connectivity index (χ2v) is 5.65. The Morgan fingerprint density at radius 3 is 2.10 bits per heavy atom. The minimum absolute atomic E-state index is 0.919. The molecule has 100 valence electrons. The van der Waals surface area contributed by atoms with E-state index >= 15 is 0 Å². The molecular formula is C16H15N3S. The summed E-state index contributed by atoms with van der Waals surface area (Å²) in [7, 11) is 3.96. The van der Waals surface area contributed by atoms with Crippen molar-refractivity contribution in [2.24, 2.45) is 0 Å². The molecule has 4 heteroatoms. The Bertz CT molecular complexity index is 705. The van der Waals surface area contributed by atoms with Crippen molar-refractivity contribution in [3.63, 3.8) is 0 Å². The molecule has 0 radical (unpaired) electrons. The highest BCUT2D eigenvalue weighted by Crippen LogP contribution is 2.35. The third-order valence-corrected chi connectivity index (χ3v) is 4.16. The fourth-order valence-corrected chi connectivity index (χ4v) is 2.85. The third kappa shape index (κ3) is 2.42. The molecule has 3 aromatic rings. The monoisotopic (exact) mass is 281 g/mol. The largest absolute Gasteiger partial charge is 0.353 e. The molecule has 0 aliphatic heterocycles. The van der Waals surface area contributed by atoms with Crippen LogP contribution in [0.5, 0.6) is 0 Å². The number of rotatable bonds is 3. The Hall–Kier alpha value is -2.20. The van der Waals surface area contributed by atoms with E-state index in [9.17, 15) is 0 Å². The highest BCUT2D eigenvalue weighted by Gasteiger charge is 2.12. The van der Waals surface area contributed by atoms with Gasteiger partial charge in [0.1, 0.15) is 5.01 Å². The second kappa shape index (κ2) is 5.43. The summed E-state index contributed by atoms with van der Waals surface area (Å²) >= 11 is 1.61. The summed E-state index contributed by atoms with van der Waals surface area (Å²) in [5.41, 5.74) is 3.52. The van der Waals surface area contributed by atoms with Crippen LogP contribution in [0.3, 0.4) is 0 Å². The van der Waals surface area contributed by atoms with E-state index in [1.165, 1.54) is 11.1 Å². The second-order valence-electron chi connectivity index (χ2n) is 4.70. The Kier molecular flexibility index (Phi) is 3.48. The van der Waals surface area contributed by atoms with Crippen LogP contribution in [0.25, 0.3) is 21.7 Å². The summed E-state index contributed by atoms with van der Waals surface area (Å²) in [5, 5.41) is 10.4. The molecule has 0 aliphatic carbocycles. The van der Waals surface area contributed by atoms with Crippen LogP contribution in [0.4, 0.5) is 5.13 Å². The average Bonchev–Trinajstić information content (AvgIpc) is 2.98. The molecule has 2 aromatic carbocycles. The van der Waals surface area contributed by atoms with Gasteiger partial charge in [-0.3, -0.25) is 0 Å². The standard InChI is InChI=1S/C16H15N3S/c1-19(2)16-18-17-15(20-16)14-11-7-6-10-13(14)12-8-4-3-5-9-12/h3-11H,1-2H3. The first-order chi connectivity index (χ1) is 9.75. The van der Waals surface area contributed by atoms with E-state index in [1.54, 1.807) is 11.3 Å². The summed E-state index contributed by atoms with van der Waals surface area (Å²) in [4.78, 5) is 1.98. The van der Waals surface area contributed by atoms with Crippen molar-refractivity contribution in [2.45, 2.75) is 0 Å². The van der Waals surface area contributed by atoms with Gasteiger partial charge in [-0.2, -0.15) is 0 Å². The van der Waals surface area contributed by atoms with Crippen LogP contribution in [0.15, 0.2) is 54.6 Å². The molecule has 0 unspecified atom stereocenters. The number of nitrogens with zero attached hydrogens (tertiary/aromatic N) is 3. The van der Waals surface area contributed by atoms with E-state index in [-0.39, 0.29) is 0 Å². The van der Waals surface area contributed by atoms with Crippen molar-refractivity contribution < 1.29 is 0 Å². The van der Waals surface area contributed by atoms with Crippen LogP contribution >= 0.6 is 11.3 Å². The molecule has 20 heavy (non-hydrogen) atoms. The van der Waals surface area contributed by atoms with Crippen molar-refractivity contribution in [1.29, 1.82) is 0 Å². The molecule has 0 amide bonds. The highest BCUT2D eigenvalue weighted by molar-refractivity contribution is 7.18. The summed E-state index contributed by atoms with van der Waals surface area (Å²) < 4.78 is 0. The van der Waals surface area contributed by atoms with Gasteiger partial charge >= 0.3 is 0 Å². The van der Waals surface area contributed by atoms with Crippen molar-refractivity contribution in [2.75, 3.05) is 19.0 Å². The summed E-state index contributed by atoms with van der Waals surface area (Å²) in [6.45, 7) is 0. The number of hydrogen-bond acceptors (Lipinski definition) is 4. The van der Waals surface area contributed by atoms with Crippen LogP contribution in [0, 0.1) is 0 Å². The molecule has 0 aliphatic rings. The van der Waals surface area contributed by atoms with E-state index in [2.05, 4.69) is 52.7 Å². The minimum Gasteiger partial charge on any atom is -0.353 e. The van der Waals surface area contributed by atoms with Gasteiger partial charge in [-0.05, 0) is 11.1 Å². The van der Waals surface area contributed by atoms with Gasteiger partial charge in [0, 0.05) is 19.7 Å². The molecule has 3 nitrogen and oxygen atoms in total. The molecule has 1 aromatic heterocycles. The van der Waals surface area contributed by atoms with Crippen molar-refractivity contribution in [3.8, 4) is 21.7 Å². The zero-order valence-corrected chi connectivity index (χ0v) is 12.3. The van der Waals surface area contributed by atoms with Crippen molar-refractivity contribution >= 4 is 16.5 Å². The highest BCUT2D eigenvalue weighted by atomic mass is 32.1. The van der Waals surface area contributed by atoms with Crippen LogP contribution < -0.4 is 4.90 Å². The van der Waals surface area contributed by atoms with Crippen LogP contribution in [-0.4, -0.2) is 24.3 Å². The van der Waals surface area contributed by atoms with Crippen LogP contribution in [0.1, 0.15) is 0 Å². The Morgan fingerprint density at radius 2 is 1.45 bits per heavy atom. The number of anilines is 1. The first kappa shape index (κ1) is 12.8. The maximum Gasteiger partial charge on any atom is 0.208 e. The fraction of sp³-hybridized carbons (Fsp3) is 0.125. The van der Waals surface area contributed by atoms with Crippen molar-refractivity contribution in [1.82, 2.24) is 10.2 Å². The van der Waals surface area contributed by atoms with Gasteiger partial charge < -0.3 is 4.90 Å². The van der Waals surface area contributed by atoms with E-state index < -0.39 is 0 Å². The van der Waals surface area contributed by atoms with Crippen molar-refractivity contribution in [3.05, 3.63) is 54.6 Å². The Morgan fingerprint density at radius 1 is 0.800 bits per heavy atom. The zero-order valence-electron chi connectivity index (χ0n) is 11.4. The van der Waals surface area contributed by atoms with E-state index in [0.717, 1.165) is 15.7 Å². The molecule has 0 N–H and O–H groups in total. The summed E-state index contributed by atoms with van der Waals surface area (Å²) in [6.07, 6.45) is 0. The van der Waals surface area contributed by atoms with Gasteiger partial charge in [0.15, 0.2) is 0 Å². The SMILES string of the molecule is CN(C)c1nnc(-c2ccccc2-c2ccccc2)s1. The van der Waals surface area contributed by atoms with Gasteiger partial charge in [-0.15, -0.1) is 10.2 Å². The lowest BCUT2D eigenvalue weighted by Crippen LogP contribution is -2.07. The van der Waals surface area contributed by atoms with Gasteiger partial charge in [0.2, 0.25) is 5.13 Å². The van der Waals surface area contributed by atoms with Gasteiger partial charge in [-0.25, -0.2) is 0 Å². The van der Waals surface area contributed by atoms with E-state index in [4.69, 9.17) is 0 Å². The normalized spacial score (nSPS) is 10.5. The maximum atomic E-state index is 4.32. The lowest BCUT2D eigenvalue weighted by molar-refractivity contribution is 1.02. The molecule has 0 atom stereocenters. The predicted molar refractivity (Wildman–Crippen MR) is 85.1 cm³/mol. The topological polar surface area (TPSA) is 29.0 Å². The zero-order chi connectivity index (χ0) is 13.9. The first-order valence-corrected chi connectivity index (χ1v) is 7.23. The molecule has 0 fully saturated rings. The predicted octanol–water partition coefficient (Wildman–Crippen LogP) is 3.94. The average molecular weight is 281 g/mol. The number of hydrogen-bond donors (Lipinski definition) is 0. The molecule has 0 bridgehead atoms. The summed E-state index contributed by atoms with van der Waals surface area (Å²) in [5.74, 6) is 0. The third-order valence-electron chi connectivity index (χ3n) is 3.04. The summed E-state index contributed by atoms with van der Waals surface area (Å²) in [6, 6.07) is 18.7. The first-order valence-electron chi connectivity index (χ1n) is 6.41. The maximum absolute atomic E-state index is 4.32. The van der Waals surface area contributed by atoms with Gasteiger partial charge in [0.05, 0.1) is 0 Å². The quantitative estimate of drug-likeness (QED) is 0.728. The molecule has 0 saturated heterocycles. The van der Waals surface area contributed by atoms with Gasteiger partial charge in [-0.1, -0.05) is 65.9 Å². The number of benzene rings is 2. The van der Waals surface area contributed by atoms with Gasteiger partial charge in [0.25, 0.3) is 0 Å². The van der Waals surface area contributed by atoms with E-state index in [0.29, 0.717) is 0 Å². The smallest absolute Gasteiger partial charge is 0.208 e. The lowest BCUT2D eigenvalue weighted by Gasteiger charge is -2.07. The molecule has 0 spiro atoms. The number of aromatic nitrogens is 2. The Labute approximate surface area is 122 Å². The fourth-order valence-electron chi connectivity index (χ4n) is 2.04. The molecule has 0 saturated carbocycles. The Balaban J connectivity index is 2.10. The lowest BCUT2D eigenvalue weighted by atomic mass is 10.0.